The molecule has 0 heterocycles. The van der Waals surface area contributed by atoms with Crippen LogP contribution in [0.2, 0.25) is 0 Å². The molecular weight excluding hydrogens is 246 g/mol. The van der Waals surface area contributed by atoms with Gasteiger partial charge >= 0.3 is 5.97 Å². The van der Waals surface area contributed by atoms with Crippen LogP contribution in [0.15, 0.2) is 0 Å². The largest absolute Gasteiger partial charge is 0.469 e. The van der Waals surface area contributed by atoms with Crippen LogP contribution < -0.4 is 0 Å². The molecule has 0 aromatic rings. The van der Waals surface area contributed by atoms with Gasteiger partial charge in [0.25, 0.3) is 0 Å². The Morgan fingerprint density at radius 2 is 2.00 bits per heavy atom. The van der Waals surface area contributed by atoms with E-state index in [2.05, 4.69) is 0 Å². The van der Waals surface area contributed by atoms with Crippen molar-refractivity contribution in [3.63, 3.8) is 0 Å². The van der Waals surface area contributed by atoms with Crippen molar-refractivity contribution in [3.05, 3.63) is 0 Å². The van der Waals surface area contributed by atoms with Crippen LogP contribution in [-0.2, 0) is 19.1 Å². The summed E-state index contributed by atoms with van der Waals surface area (Å²) >= 11 is 0. The van der Waals surface area contributed by atoms with Crippen LogP contribution >= 0.6 is 0 Å². The van der Waals surface area contributed by atoms with Crippen molar-refractivity contribution in [1.29, 1.82) is 0 Å². The summed E-state index contributed by atoms with van der Waals surface area (Å²) < 4.78 is 9.73. The third-order valence-corrected chi connectivity index (χ3v) is 3.64. The van der Waals surface area contributed by atoms with E-state index in [0.717, 1.165) is 25.7 Å². The minimum Gasteiger partial charge on any atom is -0.469 e. The zero-order chi connectivity index (χ0) is 14.3. The first-order chi connectivity index (χ1) is 9.10. The maximum absolute atomic E-state index is 12.3. The van der Waals surface area contributed by atoms with Crippen LogP contribution in [0.5, 0.6) is 0 Å². The molecule has 1 unspecified atom stereocenters. The van der Waals surface area contributed by atoms with Gasteiger partial charge in [0, 0.05) is 32.7 Å². The number of hydrogen-bond acceptors (Lipinski definition) is 4. The Labute approximate surface area is 115 Å². The highest BCUT2D eigenvalue weighted by Gasteiger charge is 2.30. The van der Waals surface area contributed by atoms with Gasteiger partial charge < -0.3 is 14.4 Å². The fraction of sp³-hybridized carbons (Fsp3) is 0.857. The third kappa shape index (κ3) is 4.82. The number of rotatable bonds is 8. The van der Waals surface area contributed by atoms with Crippen LogP contribution in [0, 0.1) is 11.8 Å². The topological polar surface area (TPSA) is 55.8 Å². The zero-order valence-electron chi connectivity index (χ0n) is 12.2. The summed E-state index contributed by atoms with van der Waals surface area (Å²) in [6, 6.07) is 0. The number of hydrogen-bond donors (Lipinski definition) is 0. The second-order valence-corrected chi connectivity index (χ2v) is 5.18. The van der Waals surface area contributed by atoms with Gasteiger partial charge in [0.2, 0.25) is 5.91 Å². The van der Waals surface area contributed by atoms with E-state index in [0.29, 0.717) is 19.7 Å². The van der Waals surface area contributed by atoms with Crippen molar-refractivity contribution >= 4 is 11.9 Å². The maximum Gasteiger partial charge on any atom is 0.310 e. The van der Waals surface area contributed by atoms with E-state index < -0.39 is 0 Å². The van der Waals surface area contributed by atoms with E-state index >= 15 is 0 Å². The monoisotopic (exact) mass is 271 g/mol. The van der Waals surface area contributed by atoms with Crippen LogP contribution in [0.25, 0.3) is 0 Å². The molecule has 0 bridgehead atoms. The van der Waals surface area contributed by atoms with Gasteiger partial charge in [-0.15, -0.1) is 0 Å². The van der Waals surface area contributed by atoms with E-state index in [9.17, 15) is 9.59 Å². The Morgan fingerprint density at radius 1 is 1.32 bits per heavy atom. The van der Waals surface area contributed by atoms with Crippen LogP contribution in [0.3, 0.4) is 0 Å². The molecule has 19 heavy (non-hydrogen) atoms. The molecule has 0 saturated heterocycles. The normalized spacial score (nSPS) is 16.6. The predicted molar refractivity (Wildman–Crippen MR) is 71.6 cm³/mol. The molecule has 110 valence electrons. The molecule has 1 fully saturated rings. The molecule has 0 radical (unpaired) electrons. The Bertz CT molecular complexity index is 302. The van der Waals surface area contributed by atoms with Crippen molar-refractivity contribution in [2.75, 3.05) is 33.9 Å². The van der Waals surface area contributed by atoms with Crippen LogP contribution in [-0.4, -0.2) is 50.7 Å². The quantitative estimate of drug-likeness (QED) is 0.495. The third-order valence-electron chi connectivity index (χ3n) is 3.64. The fourth-order valence-corrected chi connectivity index (χ4v) is 2.21. The van der Waals surface area contributed by atoms with E-state index in [-0.39, 0.29) is 23.7 Å². The maximum atomic E-state index is 12.3. The number of amides is 1. The summed E-state index contributed by atoms with van der Waals surface area (Å²) in [5.74, 6) is -0.208. The summed E-state index contributed by atoms with van der Waals surface area (Å²) in [5.41, 5.74) is 0. The molecule has 1 saturated carbocycles. The van der Waals surface area contributed by atoms with Crippen molar-refractivity contribution in [1.82, 2.24) is 4.90 Å². The molecule has 0 spiro atoms. The van der Waals surface area contributed by atoms with Crippen molar-refractivity contribution < 1.29 is 19.1 Å². The second kappa shape index (κ2) is 8.15. The minimum absolute atomic E-state index is 0.160. The highest BCUT2D eigenvalue weighted by molar-refractivity contribution is 5.80. The molecular formula is C14H25NO4. The molecule has 5 heteroatoms. The molecule has 5 nitrogen and oxygen atoms in total. The number of carbonyl (C=O) groups excluding carboxylic acids is 2. The molecule has 0 aliphatic heterocycles. The molecule has 1 amide bonds. The SMILES string of the molecule is COCCCN(CC(C)C(=O)OC)C(=O)C1CCC1. The fourth-order valence-electron chi connectivity index (χ4n) is 2.21. The van der Waals surface area contributed by atoms with Gasteiger partial charge in [-0.05, 0) is 19.3 Å². The zero-order valence-corrected chi connectivity index (χ0v) is 12.2. The van der Waals surface area contributed by atoms with E-state index in [1.807, 2.05) is 0 Å². The molecule has 0 aromatic carbocycles. The minimum atomic E-state index is -0.281. The Hall–Kier alpha value is -1.10. The molecule has 0 aromatic heterocycles. The highest BCUT2D eigenvalue weighted by Crippen LogP contribution is 2.28. The lowest BCUT2D eigenvalue weighted by atomic mass is 9.84. The first-order valence-electron chi connectivity index (χ1n) is 6.95. The lowest BCUT2D eigenvalue weighted by Crippen LogP contribution is -2.43. The van der Waals surface area contributed by atoms with Gasteiger partial charge in [-0.25, -0.2) is 0 Å². The molecule has 1 atom stereocenters. The summed E-state index contributed by atoms with van der Waals surface area (Å²) in [6.45, 7) is 3.50. The molecule has 1 aliphatic rings. The van der Waals surface area contributed by atoms with E-state index in [4.69, 9.17) is 9.47 Å². The van der Waals surface area contributed by atoms with Gasteiger partial charge in [-0.1, -0.05) is 13.3 Å². The molecule has 1 aliphatic carbocycles. The highest BCUT2D eigenvalue weighted by atomic mass is 16.5. The summed E-state index contributed by atoms with van der Waals surface area (Å²) in [4.78, 5) is 25.6. The van der Waals surface area contributed by atoms with Gasteiger partial charge in [0.15, 0.2) is 0 Å². The van der Waals surface area contributed by atoms with Crippen molar-refractivity contribution in [2.45, 2.75) is 32.6 Å². The first kappa shape index (κ1) is 16.0. The lowest BCUT2D eigenvalue weighted by molar-refractivity contribution is -0.147. The number of nitrogens with zero attached hydrogens (tertiary/aromatic N) is 1. The Balaban J connectivity index is 2.52. The average molecular weight is 271 g/mol. The summed E-state index contributed by atoms with van der Waals surface area (Å²) in [6.07, 6.45) is 3.89. The first-order valence-corrected chi connectivity index (χ1v) is 6.95. The predicted octanol–water partition coefficient (Wildman–Crippen LogP) is 1.46. The van der Waals surface area contributed by atoms with Gasteiger partial charge in [-0.3, -0.25) is 9.59 Å². The van der Waals surface area contributed by atoms with Gasteiger partial charge in [-0.2, -0.15) is 0 Å². The smallest absolute Gasteiger partial charge is 0.310 e. The number of esters is 1. The molecule has 1 rings (SSSR count). The average Bonchev–Trinajstić information content (AvgIpc) is 2.34. The Kier molecular flexibility index (Phi) is 6.84. The molecule has 0 N–H and O–H groups in total. The van der Waals surface area contributed by atoms with Crippen molar-refractivity contribution in [3.8, 4) is 0 Å². The summed E-state index contributed by atoms with van der Waals surface area (Å²) in [5, 5.41) is 0. The van der Waals surface area contributed by atoms with Crippen molar-refractivity contribution in [2.24, 2.45) is 11.8 Å². The Morgan fingerprint density at radius 3 is 2.47 bits per heavy atom. The van der Waals surface area contributed by atoms with Crippen LogP contribution in [0.1, 0.15) is 32.6 Å². The standard InChI is InChI=1S/C14H25NO4/c1-11(14(17)19-3)10-15(8-5-9-18-2)13(16)12-6-4-7-12/h11-12H,4-10H2,1-3H3. The number of ether oxygens (including phenoxy) is 2. The van der Waals surface area contributed by atoms with E-state index in [1.165, 1.54) is 7.11 Å². The summed E-state index contributed by atoms with van der Waals surface area (Å²) in [7, 11) is 3.02. The van der Waals surface area contributed by atoms with Gasteiger partial charge in [0.1, 0.15) is 0 Å². The van der Waals surface area contributed by atoms with Gasteiger partial charge in [0.05, 0.1) is 13.0 Å². The van der Waals surface area contributed by atoms with E-state index in [1.54, 1.807) is 18.9 Å². The lowest BCUT2D eigenvalue weighted by Gasteiger charge is -2.32. The number of methoxy groups -OCH3 is 2. The van der Waals surface area contributed by atoms with Crippen LogP contribution in [0.4, 0.5) is 0 Å². The second-order valence-electron chi connectivity index (χ2n) is 5.18. The number of carbonyl (C=O) groups is 2.